The summed E-state index contributed by atoms with van der Waals surface area (Å²) in [5.74, 6) is -0.109. The predicted octanol–water partition coefficient (Wildman–Crippen LogP) is 5.68. The monoisotopic (exact) mass is 388 g/mol. The summed E-state index contributed by atoms with van der Waals surface area (Å²) in [6.07, 6.45) is 0.774. The molecular weight excluding hydrogens is 364 g/mol. The minimum atomic E-state index is -0.241. The number of carbonyl (C=O) groups excluding carboxylic acids is 1. The number of thioether (sulfide) groups is 1. The van der Waals surface area contributed by atoms with E-state index in [1.54, 1.807) is 0 Å². The van der Waals surface area contributed by atoms with Crippen LogP contribution in [-0.4, -0.2) is 16.9 Å². The van der Waals surface area contributed by atoms with Crippen LogP contribution in [0.25, 0.3) is 0 Å². The number of benzene rings is 2. The molecule has 2 aromatic carbocycles. The van der Waals surface area contributed by atoms with Crippen LogP contribution in [0.15, 0.2) is 64.6 Å². The molecule has 0 aliphatic heterocycles. The number of amides is 1. The third-order valence-electron chi connectivity index (χ3n) is 4.11. The van der Waals surface area contributed by atoms with E-state index < -0.39 is 0 Å². The molecule has 1 amide bonds. The average molecular weight is 389 g/mol. The normalized spacial score (nSPS) is 13.3. The van der Waals surface area contributed by atoms with Gasteiger partial charge in [-0.25, -0.2) is 5.43 Å². The quantitative estimate of drug-likeness (QED) is 0.376. The number of hydrogen-bond acceptors (Lipinski definition) is 3. The molecule has 1 atom stereocenters. The fourth-order valence-corrected chi connectivity index (χ4v) is 3.67. The maximum atomic E-state index is 12.3. The van der Waals surface area contributed by atoms with Gasteiger partial charge in [-0.1, -0.05) is 55.8 Å². The highest BCUT2D eigenvalue weighted by molar-refractivity contribution is 8.00. The Morgan fingerprint density at radius 1 is 1.15 bits per heavy atom. The zero-order chi connectivity index (χ0) is 19.2. The van der Waals surface area contributed by atoms with Crippen LogP contribution >= 0.6 is 23.4 Å². The van der Waals surface area contributed by atoms with Gasteiger partial charge in [0.2, 0.25) is 0 Å². The standard InChI is InChI=1S/C21H25ClN2OS/c1-15(14-21(3,4)17-8-6-5-7-9-17)23-24-20(25)16(2)26-19-12-10-18(22)11-13-19/h5-13,16H,14H2,1-4H3,(H,24,25)/b23-15-/t16-/m1/s1. The van der Waals surface area contributed by atoms with Crippen molar-refractivity contribution < 1.29 is 4.79 Å². The van der Waals surface area contributed by atoms with Gasteiger partial charge in [-0.2, -0.15) is 5.10 Å². The Morgan fingerprint density at radius 3 is 2.38 bits per heavy atom. The van der Waals surface area contributed by atoms with Gasteiger partial charge < -0.3 is 0 Å². The summed E-state index contributed by atoms with van der Waals surface area (Å²) in [4.78, 5) is 13.3. The van der Waals surface area contributed by atoms with Crippen molar-refractivity contribution in [1.82, 2.24) is 5.43 Å². The second-order valence-corrected chi connectivity index (χ2v) is 8.81. The smallest absolute Gasteiger partial charge is 0.253 e. The molecule has 0 spiro atoms. The van der Waals surface area contributed by atoms with Gasteiger partial charge in [-0.15, -0.1) is 11.8 Å². The molecule has 0 saturated heterocycles. The highest BCUT2D eigenvalue weighted by Gasteiger charge is 2.21. The number of hydrogen-bond donors (Lipinski definition) is 1. The van der Waals surface area contributed by atoms with Crippen molar-refractivity contribution in [1.29, 1.82) is 0 Å². The van der Waals surface area contributed by atoms with Crippen molar-refractivity contribution in [2.45, 2.75) is 49.7 Å². The van der Waals surface area contributed by atoms with Crippen LogP contribution in [0, 0.1) is 0 Å². The Bertz CT molecular complexity index is 757. The van der Waals surface area contributed by atoms with E-state index in [1.165, 1.54) is 17.3 Å². The van der Waals surface area contributed by atoms with E-state index in [0.717, 1.165) is 17.0 Å². The van der Waals surface area contributed by atoms with Gasteiger partial charge in [0.15, 0.2) is 0 Å². The highest BCUT2D eigenvalue weighted by atomic mass is 35.5. The lowest BCUT2D eigenvalue weighted by Gasteiger charge is -2.25. The van der Waals surface area contributed by atoms with E-state index in [-0.39, 0.29) is 16.6 Å². The van der Waals surface area contributed by atoms with E-state index in [4.69, 9.17) is 11.6 Å². The van der Waals surface area contributed by atoms with E-state index in [2.05, 4.69) is 36.5 Å². The van der Waals surface area contributed by atoms with E-state index in [1.807, 2.05) is 56.3 Å². The van der Waals surface area contributed by atoms with Crippen molar-refractivity contribution >= 4 is 35.0 Å². The van der Waals surface area contributed by atoms with E-state index in [9.17, 15) is 4.79 Å². The first-order chi connectivity index (χ1) is 12.3. The van der Waals surface area contributed by atoms with Gasteiger partial charge in [-0.3, -0.25) is 4.79 Å². The van der Waals surface area contributed by atoms with Gasteiger partial charge in [-0.05, 0) is 55.5 Å². The lowest BCUT2D eigenvalue weighted by atomic mass is 9.80. The average Bonchev–Trinajstić information content (AvgIpc) is 2.62. The predicted molar refractivity (Wildman–Crippen MR) is 112 cm³/mol. The van der Waals surface area contributed by atoms with Crippen LogP contribution in [0.1, 0.15) is 39.7 Å². The zero-order valence-electron chi connectivity index (χ0n) is 15.6. The van der Waals surface area contributed by atoms with Crippen LogP contribution in [0.3, 0.4) is 0 Å². The van der Waals surface area contributed by atoms with Crippen molar-refractivity contribution in [2.24, 2.45) is 5.10 Å². The third-order valence-corrected chi connectivity index (χ3v) is 5.47. The first kappa shape index (κ1) is 20.5. The SMILES string of the molecule is C/C(CC(C)(C)c1ccccc1)=N/NC(=O)[C@@H](C)Sc1ccc(Cl)cc1. The molecule has 3 nitrogen and oxygen atoms in total. The molecule has 0 fully saturated rings. The minimum Gasteiger partial charge on any atom is -0.272 e. The van der Waals surface area contributed by atoms with Crippen molar-refractivity contribution in [2.75, 3.05) is 0 Å². The summed E-state index contributed by atoms with van der Waals surface area (Å²) in [5.41, 5.74) is 4.81. The highest BCUT2D eigenvalue weighted by Crippen LogP contribution is 2.27. The summed E-state index contributed by atoms with van der Waals surface area (Å²) in [6, 6.07) is 17.8. The Kier molecular flexibility index (Phi) is 7.30. The molecule has 2 aromatic rings. The Hall–Kier alpha value is -1.78. The number of halogens is 1. The molecule has 138 valence electrons. The fourth-order valence-electron chi connectivity index (χ4n) is 2.68. The summed E-state index contributed by atoms with van der Waals surface area (Å²) >= 11 is 7.37. The second-order valence-electron chi connectivity index (χ2n) is 6.96. The maximum Gasteiger partial charge on any atom is 0.253 e. The number of hydrazone groups is 1. The Balaban J connectivity index is 1.90. The molecule has 0 bridgehead atoms. The molecule has 0 aliphatic rings. The largest absolute Gasteiger partial charge is 0.272 e. The number of rotatable bonds is 7. The third kappa shape index (κ3) is 6.19. The summed E-state index contributed by atoms with van der Waals surface area (Å²) in [7, 11) is 0. The van der Waals surface area contributed by atoms with Crippen molar-refractivity contribution in [3.05, 3.63) is 65.2 Å². The fraction of sp³-hybridized carbons (Fsp3) is 0.333. The first-order valence-corrected chi connectivity index (χ1v) is 9.84. The van der Waals surface area contributed by atoms with Gasteiger partial charge >= 0.3 is 0 Å². The maximum absolute atomic E-state index is 12.3. The van der Waals surface area contributed by atoms with Crippen LogP contribution in [0.5, 0.6) is 0 Å². The Morgan fingerprint density at radius 2 is 1.77 bits per heavy atom. The molecule has 1 N–H and O–H groups in total. The minimum absolute atomic E-state index is 0.0384. The molecule has 0 unspecified atom stereocenters. The summed E-state index contributed by atoms with van der Waals surface area (Å²) < 4.78 is 0. The number of carbonyl (C=O) groups is 1. The lowest BCUT2D eigenvalue weighted by Crippen LogP contribution is -2.29. The topological polar surface area (TPSA) is 41.5 Å². The molecule has 0 radical (unpaired) electrons. The summed E-state index contributed by atoms with van der Waals surface area (Å²) in [5, 5.41) is 4.74. The first-order valence-electron chi connectivity index (χ1n) is 8.59. The van der Waals surface area contributed by atoms with Crippen LogP contribution < -0.4 is 5.43 Å². The summed E-state index contributed by atoms with van der Waals surface area (Å²) in [6.45, 7) is 8.18. The second kappa shape index (κ2) is 9.24. The molecule has 0 heterocycles. The van der Waals surface area contributed by atoms with Crippen LogP contribution in [0.4, 0.5) is 0 Å². The number of nitrogens with zero attached hydrogens (tertiary/aromatic N) is 1. The van der Waals surface area contributed by atoms with E-state index >= 15 is 0 Å². The van der Waals surface area contributed by atoms with Gasteiger partial charge in [0.25, 0.3) is 5.91 Å². The lowest BCUT2D eigenvalue weighted by molar-refractivity contribution is -0.120. The van der Waals surface area contributed by atoms with Gasteiger partial charge in [0.05, 0.1) is 5.25 Å². The van der Waals surface area contributed by atoms with Gasteiger partial charge in [0.1, 0.15) is 0 Å². The molecule has 2 rings (SSSR count). The van der Waals surface area contributed by atoms with Crippen LogP contribution in [0.2, 0.25) is 5.02 Å². The Labute approximate surface area is 165 Å². The van der Waals surface area contributed by atoms with Crippen molar-refractivity contribution in [3.8, 4) is 0 Å². The molecule has 5 heteroatoms. The van der Waals surface area contributed by atoms with Gasteiger partial charge in [0, 0.05) is 15.6 Å². The number of nitrogens with one attached hydrogen (secondary N) is 1. The van der Waals surface area contributed by atoms with E-state index in [0.29, 0.717) is 5.02 Å². The molecule has 0 aromatic heterocycles. The molecular formula is C21H25ClN2OS. The van der Waals surface area contributed by atoms with Crippen LogP contribution in [-0.2, 0) is 10.2 Å². The molecule has 0 saturated carbocycles. The molecule has 26 heavy (non-hydrogen) atoms. The van der Waals surface area contributed by atoms with Crippen molar-refractivity contribution in [3.63, 3.8) is 0 Å². The molecule has 0 aliphatic carbocycles. The zero-order valence-corrected chi connectivity index (χ0v) is 17.2.